The van der Waals surface area contributed by atoms with E-state index in [2.05, 4.69) is 4.98 Å². The maximum absolute atomic E-state index is 10.6. The van der Waals surface area contributed by atoms with E-state index in [9.17, 15) is 4.79 Å². The predicted octanol–water partition coefficient (Wildman–Crippen LogP) is 3.22. The number of benzene rings is 1. The summed E-state index contributed by atoms with van der Waals surface area (Å²) >= 11 is 5.05. The molecule has 1 N–H and O–H groups in total. The zero-order valence-electron chi connectivity index (χ0n) is 7.94. The number of H-pyrrole nitrogens is 1. The average molecular weight is 215 g/mol. The van der Waals surface area contributed by atoms with Gasteiger partial charge in [0.25, 0.3) is 0 Å². The van der Waals surface area contributed by atoms with Crippen molar-refractivity contribution in [1.29, 1.82) is 0 Å². The van der Waals surface area contributed by atoms with Crippen molar-refractivity contribution in [3.63, 3.8) is 0 Å². The van der Waals surface area contributed by atoms with Gasteiger partial charge in [-0.2, -0.15) is 0 Å². The molecule has 1 heterocycles. The van der Waals surface area contributed by atoms with Crippen molar-refractivity contribution < 1.29 is 4.79 Å². The van der Waals surface area contributed by atoms with Crippen LogP contribution in [-0.2, 0) is 0 Å². The fourth-order valence-corrected chi connectivity index (χ4v) is 1.59. The molecule has 74 valence electrons. The molecule has 1 aromatic carbocycles. The van der Waals surface area contributed by atoms with E-state index < -0.39 is 0 Å². The van der Waals surface area contributed by atoms with Crippen molar-refractivity contribution in [2.45, 2.75) is 0 Å². The SMILES string of the molecule is O=Cc1ccc(-c2ccccc2)[nH]c1=S. The van der Waals surface area contributed by atoms with E-state index >= 15 is 0 Å². The maximum Gasteiger partial charge on any atom is 0.153 e. The van der Waals surface area contributed by atoms with Gasteiger partial charge in [0.2, 0.25) is 0 Å². The molecule has 2 rings (SSSR count). The molecular weight excluding hydrogens is 206 g/mol. The third-order valence-corrected chi connectivity index (χ3v) is 2.49. The Bertz CT molecular complexity index is 531. The van der Waals surface area contributed by atoms with Crippen LogP contribution in [0.5, 0.6) is 0 Å². The second-order valence-electron chi connectivity index (χ2n) is 3.14. The van der Waals surface area contributed by atoms with Gasteiger partial charge >= 0.3 is 0 Å². The van der Waals surface area contributed by atoms with E-state index in [0.29, 0.717) is 10.2 Å². The normalized spacial score (nSPS) is 9.87. The van der Waals surface area contributed by atoms with Gasteiger partial charge in [0.1, 0.15) is 4.64 Å². The van der Waals surface area contributed by atoms with Gasteiger partial charge in [0, 0.05) is 11.3 Å². The molecule has 2 aromatic rings. The van der Waals surface area contributed by atoms with Crippen molar-refractivity contribution in [2.75, 3.05) is 0 Å². The Labute approximate surface area is 92.6 Å². The summed E-state index contributed by atoms with van der Waals surface area (Å²) in [6, 6.07) is 13.4. The Morgan fingerprint density at radius 2 is 1.80 bits per heavy atom. The summed E-state index contributed by atoms with van der Waals surface area (Å²) in [7, 11) is 0. The van der Waals surface area contributed by atoms with Crippen molar-refractivity contribution in [3.05, 3.63) is 52.7 Å². The summed E-state index contributed by atoms with van der Waals surface area (Å²) in [5.74, 6) is 0. The van der Waals surface area contributed by atoms with Gasteiger partial charge < -0.3 is 4.98 Å². The minimum Gasteiger partial charge on any atom is -0.346 e. The minimum atomic E-state index is 0.478. The lowest BCUT2D eigenvalue weighted by atomic mass is 10.1. The van der Waals surface area contributed by atoms with Gasteiger partial charge in [-0.05, 0) is 17.7 Å². The number of nitrogens with one attached hydrogen (secondary N) is 1. The summed E-state index contributed by atoms with van der Waals surface area (Å²) in [6.45, 7) is 0. The molecule has 0 radical (unpaired) electrons. The molecule has 0 unspecified atom stereocenters. The van der Waals surface area contributed by atoms with Gasteiger partial charge in [0.05, 0.1) is 0 Å². The van der Waals surface area contributed by atoms with Crippen LogP contribution in [0.25, 0.3) is 11.3 Å². The third kappa shape index (κ3) is 2.02. The molecule has 1 aromatic heterocycles. The van der Waals surface area contributed by atoms with Crippen LogP contribution in [0.4, 0.5) is 0 Å². The number of hydrogen-bond acceptors (Lipinski definition) is 2. The summed E-state index contributed by atoms with van der Waals surface area (Å²) in [5.41, 5.74) is 2.50. The average Bonchev–Trinajstić information content (AvgIpc) is 2.30. The van der Waals surface area contributed by atoms with Gasteiger partial charge in [-0.15, -0.1) is 0 Å². The third-order valence-electron chi connectivity index (χ3n) is 2.15. The molecule has 15 heavy (non-hydrogen) atoms. The van der Waals surface area contributed by atoms with E-state index in [-0.39, 0.29) is 0 Å². The number of aromatic amines is 1. The van der Waals surface area contributed by atoms with Crippen LogP contribution in [0.1, 0.15) is 10.4 Å². The maximum atomic E-state index is 10.6. The largest absolute Gasteiger partial charge is 0.346 e. The second-order valence-corrected chi connectivity index (χ2v) is 3.55. The van der Waals surface area contributed by atoms with E-state index in [1.807, 2.05) is 36.4 Å². The first kappa shape index (κ1) is 9.80. The monoisotopic (exact) mass is 215 g/mol. The zero-order valence-corrected chi connectivity index (χ0v) is 8.75. The van der Waals surface area contributed by atoms with E-state index in [1.165, 1.54) is 0 Å². The van der Waals surface area contributed by atoms with Gasteiger partial charge in [-0.25, -0.2) is 0 Å². The molecule has 0 saturated carbocycles. The number of carbonyl (C=O) groups is 1. The van der Waals surface area contributed by atoms with Crippen LogP contribution in [0.15, 0.2) is 42.5 Å². The van der Waals surface area contributed by atoms with Crippen LogP contribution >= 0.6 is 12.2 Å². The van der Waals surface area contributed by atoms with Crippen molar-refractivity contribution in [3.8, 4) is 11.3 Å². The molecule has 0 fully saturated rings. The van der Waals surface area contributed by atoms with Crippen LogP contribution in [0.2, 0.25) is 0 Å². The second kappa shape index (κ2) is 4.19. The fourth-order valence-electron chi connectivity index (χ4n) is 1.36. The molecule has 0 aliphatic carbocycles. The molecule has 0 aliphatic heterocycles. The first-order valence-electron chi connectivity index (χ1n) is 4.55. The Hall–Kier alpha value is -1.74. The number of pyridine rings is 1. The molecule has 0 spiro atoms. The summed E-state index contributed by atoms with van der Waals surface area (Å²) in [4.78, 5) is 13.6. The van der Waals surface area contributed by atoms with Gasteiger partial charge in [0.15, 0.2) is 6.29 Å². The van der Waals surface area contributed by atoms with Crippen LogP contribution in [0, 0.1) is 4.64 Å². The summed E-state index contributed by atoms with van der Waals surface area (Å²) in [6.07, 6.45) is 0.758. The minimum absolute atomic E-state index is 0.478. The topological polar surface area (TPSA) is 32.9 Å². The van der Waals surface area contributed by atoms with Crippen molar-refractivity contribution in [2.24, 2.45) is 0 Å². The van der Waals surface area contributed by atoms with Crippen LogP contribution in [-0.4, -0.2) is 11.3 Å². The smallest absolute Gasteiger partial charge is 0.153 e. The molecule has 3 heteroatoms. The quantitative estimate of drug-likeness (QED) is 0.616. The highest BCUT2D eigenvalue weighted by molar-refractivity contribution is 7.71. The highest BCUT2D eigenvalue weighted by atomic mass is 32.1. The van der Waals surface area contributed by atoms with E-state index in [0.717, 1.165) is 17.5 Å². The summed E-state index contributed by atoms with van der Waals surface area (Å²) < 4.78 is 0.478. The van der Waals surface area contributed by atoms with E-state index in [4.69, 9.17) is 12.2 Å². The first-order valence-corrected chi connectivity index (χ1v) is 4.96. The Balaban J connectivity index is 2.52. The van der Waals surface area contributed by atoms with Crippen molar-refractivity contribution in [1.82, 2.24) is 4.98 Å². The van der Waals surface area contributed by atoms with Crippen LogP contribution in [0.3, 0.4) is 0 Å². The number of aldehydes is 1. The predicted molar refractivity (Wildman–Crippen MR) is 62.5 cm³/mol. The number of carbonyl (C=O) groups excluding carboxylic acids is 1. The Kier molecular flexibility index (Phi) is 2.74. The standard InChI is InChI=1S/C12H9NOS/c14-8-10-6-7-11(13-12(10)15)9-4-2-1-3-5-9/h1-8H,(H,13,15). The number of aromatic nitrogens is 1. The lowest BCUT2D eigenvalue weighted by molar-refractivity contribution is 0.112. The molecule has 0 amide bonds. The molecule has 0 aliphatic rings. The molecular formula is C12H9NOS. The highest BCUT2D eigenvalue weighted by Gasteiger charge is 1.98. The van der Waals surface area contributed by atoms with Crippen molar-refractivity contribution >= 4 is 18.5 Å². The molecule has 2 nitrogen and oxygen atoms in total. The number of hydrogen-bond donors (Lipinski definition) is 1. The molecule has 0 atom stereocenters. The zero-order chi connectivity index (χ0) is 10.7. The lowest BCUT2D eigenvalue weighted by Crippen LogP contribution is -1.88. The first-order chi connectivity index (χ1) is 7.31. The van der Waals surface area contributed by atoms with E-state index in [1.54, 1.807) is 6.07 Å². The molecule has 0 bridgehead atoms. The fraction of sp³-hybridized carbons (Fsp3) is 0. The Morgan fingerprint density at radius 3 is 2.40 bits per heavy atom. The summed E-state index contributed by atoms with van der Waals surface area (Å²) in [5, 5.41) is 0. The van der Waals surface area contributed by atoms with Gasteiger partial charge in [-0.3, -0.25) is 4.79 Å². The van der Waals surface area contributed by atoms with Gasteiger partial charge in [-0.1, -0.05) is 42.5 Å². The lowest BCUT2D eigenvalue weighted by Gasteiger charge is -2.01. The highest BCUT2D eigenvalue weighted by Crippen LogP contribution is 2.16. The Morgan fingerprint density at radius 1 is 1.07 bits per heavy atom. The molecule has 0 saturated heterocycles. The number of rotatable bonds is 2. The van der Waals surface area contributed by atoms with Crippen LogP contribution < -0.4 is 0 Å².